The van der Waals surface area contributed by atoms with Crippen LogP contribution in [0.1, 0.15) is 16.8 Å². The Morgan fingerprint density at radius 3 is 3.00 bits per heavy atom. The molecule has 0 atom stereocenters. The van der Waals surface area contributed by atoms with Gasteiger partial charge >= 0.3 is 0 Å². The van der Waals surface area contributed by atoms with Crippen LogP contribution >= 0.6 is 0 Å². The predicted octanol–water partition coefficient (Wildman–Crippen LogP) is 0.377. The lowest BCUT2D eigenvalue weighted by molar-refractivity contribution is -0.121. The van der Waals surface area contributed by atoms with Crippen molar-refractivity contribution in [1.82, 2.24) is 10.2 Å². The monoisotopic (exact) mass is 262 g/mol. The van der Waals surface area contributed by atoms with Crippen molar-refractivity contribution in [3.63, 3.8) is 0 Å². The zero-order valence-electron chi connectivity index (χ0n) is 10.3. The van der Waals surface area contributed by atoms with Gasteiger partial charge in [0.05, 0.1) is 6.54 Å². The SMILES string of the molecule is O=C1CN(C(=O)c2ccc3c(c2)OCO3)CCCN1. The Hall–Kier alpha value is -2.24. The summed E-state index contributed by atoms with van der Waals surface area (Å²) in [6.07, 6.45) is 0.766. The van der Waals surface area contributed by atoms with E-state index in [0.29, 0.717) is 30.2 Å². The predicted molar refractivity (Wildman–Crippen MR) is 66.1 cm³/mol. The van der Waals surface area contributed by atoms with Gasteiger partial charge in [-0.2, -0.15) is 0 Å². The van der Waals surface area contributed by atoms with E-state index in [1.54, 1.807) is 23.1 Å². The van der Waals surface area contributed by atoms with Crippen LogP contribution in [-0.2, 0) is 4.79 Å². The number of ether oxygens (including phenoxy) is 2. The molecule has 100 valence electrons. The Labute approximate surface area is 110 Å². The molecule has 0 spiro atoms. The molecule has 0 unspecified atom stereocenters. The largest absolute Gasteiger partial charge is 0.454 e. The first-order valence-corrected chi connectivity index (χ1v) is 6.20. The lowest BCUT2D eigenvalue weighted by atomic mass is 10.1. The summed E-state index contributed by atoms with van der Waals surface area (Å²) in [5.41, 5.74) is 0.513. The third-order valence-corrected chi connectivity index (χ3v) is 3.17. The molecule has 2 heterocycles. The Morgan fingerprint density at radius 2 is 2.11 bits per heavy atom. The molecule has 1 N–H and O–H groups in total. The molecule has 6 nitrogen and oxygen atoms in total. The molecule has 2 aliphatic rings. The first-order valence-electron chi connectivity index (χ1n) is 6.20. The molecule has 1 fully saturated rings. The summed E-state index contributed by atoms with van der Waals surface area (Å²) < 4.78 is 10.5. The van der Waals surface area contributed by atoms with Crippen molar-refractivity contribution in [2.45, 2.75) is 6.42 Å². The van der Waals surface area contributed by atoms with Crippen molar-refractivity contribution >= 4 is 11.8 Å². The van der Waals surface area contributed by atoms with E-state index >= 15 is 0 Å². The maximum Gasteiger partial charge on any atom is 0.254 e. The average Bonchev–Trinajstić information content (AvgIpc) is 2.78. The van der Waals surface area contributed by atoms with Crippen molar-refractivity contribution in [3.05, 3.63) is 23.8 Å². The normalized spacial score (nSPS) is 17.9. The smallest absolute Gasteiger partial charge is 0.254 e. The van der Waals surface area contributed by atoms with Crippen LogP contribution in [0, 0.1) is 0 Å². The number of hydrogen-bond donors (Lipinski definition) is 1. The van der Waals surface area contributed by atoms with E-state index in [1.165, 1.54) is 0 Å². The van der Waals surface area contributed by atoms with Gasteiger partial charge in [0, 0.05) is 18.7 Å². The van der Waals surface area contributed by atoms with E-state index in [1.807, 2.05) is 0 Å². The first kappa shape index (κ1) is 11.8. The van der Waals surface area contributed by atoms with Crippen LogP contribution in [0.5, 0.6) is 11.5 Å². The topological polar surface area (TPSA) is 67.9 Å². The molecule has 1 aromatic carbocycles. The number of fused-ring (bicyclic) bond motifs is 1. The van der Waals surface area contributed by atoms with Gasteiger partial charge in [-0.25, -0.2) is 0 Å². The molecule has 3 rings (SSSR count). The molecule has 2 aliphatic heterocycles. The third kappa shape index (κ3) is 2.33. The van der Waals surface area contributed by atoms with Crippen LogP contribution in [0.2, 0.25) is 0 Å². The lowest BCUT2D eigenvalue weighted by Gasteiger charge is -2.19. The van der Waals surface area contributed by atoms with Gasteiger partial charge in [0.25, 0.3) is 5.91 Å². The molecule has 1 aromatic rings. The van der Waals surface area contributed by atoms with E-state index in [9.17, 15) is 9.59 Å². The molecule has 6 heteroatoms. The summed E-state index contributed by atoms with van der Waals surface area (Å²) in [7, 11) is 0. The van der Waals surface area contributed by atoms with Gasteiger partial charge in [0.1, 0.15) is 0 Å². The minimum atomic E-state index is -0.157. The van der Waals surface area contributed by atoms with Gasteiger partial charge < -0.3 is 19.7 Å². The van der Waals surface area contributed by atoms with Gasteiger partial charge in [-0.1, -0.05) is 0 Å². The number of carbonyl (C=O) groups excluding carboxylic acids is 2. The van der Waals surface area contributed by atoms with Crippen molar-refractivity contribution in [2.24, 2.45) is 0 Å². The number of benzene rings is 1. The first-order chi connectivity index (χ1) is 9.24. The Balaban J connectivity index is 1.81. The fraction of sp³-hybridized carbons (Fsp3) is 0.385. The van der Waals surface area contributed by atoms with Crippen molar-refractivity contribution < 1.29 is 19.1 Å². The number of amides is 2. The van der Waals surface area contributed by atoms with Crippen molar-refractivity contribution in [3.8, 4) is 11.5 Å². The zero-order chi connectivity index (χ0) is 13.2. The second-order valence-corrected chi connectivity index (χ2v) is 4.50. The molecule has 0 bridgehead atoms. The highest BCUT2D eigenvalue weighted by molar-refractivity contribution is 5.97. The maximum atomic E-state index is 12.3. The summed E-state index contributed by atoms with van der Waals surface area (Å²) in [4.78, 5) is 25.4. The molecule has 2 amide bonds. The number of hydrogen-bond acceptors (Lipinski definition) is 4. The number of nitrogens with one attached hydrogen (secondary N) is 1. The summed E-state index contributed by atoms with van der Waals surface area (Å²) in [5, 5.41) is 2.74. The maximum absolute atomic E-state index is 12.3. The summed E-state index contributed by atoms with van der Waals surface area (Å²) >= 11 is 0. The highest BCUT2D eigenvalue weighted by Crippen LogP contribution is 2.32. The van der Waals surface area contributed by atoms with Gasteiger partial charge in [-0.15, -0.1) is 0 Å². The number of carbonyl (C=O) groups is 2. The van der Waals surface area contributed by atoms with Crippen LogP contribution in [0.25, 0.3) is 0 Å². The molecular formula is C13H14N2O4. The van der Waals surface area contributed by atoms with Gasteiger partial charge in [0.2, 0.25) is 12.7 Å². The van der Waals surface area contributed by atoms with Crippen LogP contribution in [-0.4, -0.2) is 43.1 Å². The fourth-order valence-electron chi connectivity index (χ4n) is 2.19. The third-order valence-electron chi connectivity index (χ3n) is 3.17. The van der Waals surface area contributed by atoms with Crippen LogP contribution < -0.4 is 14.8 Å². The molecule has 0 saturated carbocycles. The van der Waals surface area contributed by atoms with E-state index in [0.717, 1.165) is 6.42 Å². The van der Waals surface area contributed by atoms with Gasteiger partial charge in [0.15, 0.2) is 11.5 Å². The van der Waals surface area contributed by atoms with Crippen LogP contribution in [0.4, 0.5) is 0 Å². The van der Waals surface area contributed by atoms with Gasteiger partial charge in [-0.05, 0) is 24.6 Å². The molecule has 0 aromatic heterocycles. The number of rotatable bonds is 1. The summed E-state index contributed by atoms with van der Waals surface area (Å²) in [5.74, 6) is 0.942. The molecule has 0 aliphatic carbocycles. The van der Waals surface area contributed by atoms with E-state index in [-0.39, 0.29) is 25.2 Å². The standard InChI is InChI=1S/C13H14N2O4/c16-12-7-15(5-1-4-14-12)13(17)9-2-3-10-11(6-9)19-8-18-10/h2-3,6H,1,4-5,7-8H2,(H,14,16). The van der Waals surface area contributed by atoms with Crippen molar-refractivity contribution in [1.29, 1.82) is 0 Å². The zero-order valence-corrected chi connectivity index (χ0v) is 10.3. The highest BCUT2D eigenvalue weighted by Gasteiger charge is 2.23. The quantitative estimate of drug-likeness (QED) is 0.794. The average molecular weight is 262 g/mol. The van der Waals surface area contributed by atoms with Crippen molar-refractivity contribution in [2.75, 3.05) is 26.4 Å². The summed E-state index contributed by atoms with van der Waals surface area (Å²) in [6.45, 7) is 1.47. The Morgan fingerprint density at radius 1 is 1.26 bits per heavy atom. The molecule has 1 saturated heterocycles. The molecular weight excluding hydrogens is 248 g/mol. The fourth-order valence-corrected chi connectivity index (χ4v) is 2.19. The summed E-state index contributed by atoms with van der Waals surface area (Å²) in [6, 6.07) is 5.07. The number of nitrogens with zero attached hydrogens (tertiary/aromatic N) is 1. The van der Waals surface area contributed by atoms with E-state index < -0.39 is 0 Å². The van der Waals surface area contributed by atoms with Crippen LogP contribution in [0.3, 0.4) is 0 Å². The molecule has 19 heavy (non-hydrogen) atoms. The Kier molecular flexibility index (Phi) is 2.98. The second-order valence-electron chi connectivity index (χ2n) is 4.50. The second kappa shape index (κ2) is 4.79. The lowest BCUT2D eigenvalue weighted by Crippen LogP contribution is -2.37. The van der Waals surface area contributed by atoms with Gasteiger partial charge in [-0.3, -0.25) is 9.59 Å². The Bertz CT molecular complexity index is 529. The van der Waals surface area contributed by atoms with E-state index in [4.69, 9.17) is 9.47 Å². The van der Waals surface area contributed by atoms with Crippen LogP contribution in [0.15, 0.2) is 18.2 Å². The minimum absolute atomic E-state index is 0.104. The minimum Gasteiger partial charge on any atom is -0.454 e. The molecule has 0 radical (unpaired) electrons. The highest BCUT2D eigenvalue weighted by atomic mass is 16.7. The van der Waals surface area contributed by atoms with E-state index in [2.05, 4.69) is 5.32 Å².